The fraction of sp³-hybridized carbons (Fsp3) is 0.350. The molecular formula is C20H24ClN3O3S. The van der Waals surface area contributed by atoms with E-state index in [9.17, 15) is 13.2 Å². The Balaban J connectivity index is 1.79. The number of halogens is 1. The number of hydrogen-bond acceptors (Lipinski definition) is 4. The van der Waals surface area contributed by atoms with Gasteiger partial charge in [-0.25, -0.2) is 8.42 Å². The van der Waals surface area contributed by atoms with Gasteiger partial charge in [-0.15, -0.1) is 0 Å². The van der Waals surface area contributed by atoms with E-state index < -0.39 is 10.0 Å². The molecule has 1 amide bonds. The van der Waals surface area contributed by atoms with Crippen LogP contribution in [-0.4, -0.2) is 56.8 Å². The van der Waals surface area contributed by atoms with Crippen LogP contribution in [0.4, 0.5) is 5.69 Å². The minimum atomic E-state index is -3.75. The molecular weight excluding hydrogens is 398 g/mol. The van der Waals surface area contributed by atoms with E-state index in [4.69, 9.17) is 11.6 Å². The van der Waals surface area contributed by atoms with Crippen LogP contribution in [-0.2, 0) is 10.0 Å². The highest BCUT2D eigenvalue weighted by molar-refractivity contribution is 7.92. The van der Waals surface area contributed by atoms with Crippen molar-refractivity contribution >= 4 is 33.2 Å². The summed E-state index contributed by atoms with van der Waals surface area (Å²) in [6, 6.07) is 11.2. The molecule has 8 heteroatoms. The zero-order valence-electron chi connectivity index (χ0n) is 16.0. The Morgan fingerprint density at radius 2 is 1.71 bits per heavy atom. The first-order valence-corrected chi connectivity index (χ1v) is 11.1. The SMILES string of the molecule is CCN1CCN(C(=O)c2cc(NS(=O)(=O)c3ccc(C)cc3)ccc2Cl)CC1. The second kappa shape index (κ2) is 8.51. The third kappa shape index (κ3) is 4.66. The number of carbonyl (C=O) groups is 1. The van der Waals surface area contributed by atoms with Crippen LogP contribution in [0.1, 0.15) is 22.8 Å². The smallest absolute Gasteiger partial charge is 0.261 e. The number of piperazine rings is 1. The molecule has 150 valence electrons. The summed E-state index contributed by atoms with van der Waals surface area (Å²) >= 11 is 6.24. The number of benzene rings is 2. The standard InChI is InChI=1S/C20H24ClN3O3S/c1-3-23-10-12-24(13-11-23)20(25)18-14-16(6-9-19(18)21)22-28(26,27)17-7-4-15(2)5-8-17/h4-9,14,22H,3,10-13H2,1-2H3. The molecule has 1 fully saturated rings. The quantitative estimate of drug-likeness (QED) is 0.804. The number of aryl methyl sites for hydroxylation is 1. The zero-order chi connectivity index (χ0) is 20.3. The summed E-state index contributed by atoms with van der Waals surface area (Å²) in [5.74, 6) is -0.183. The van der Waals surface area contributed by atoms with E-state index in [-0.39, 0.29) is 10.8 Å². The second-order valence-corrected chi connectivity index (χ2v) is 8.93. The predicted octanol–water partition coefficient (Wildman–Crippen LogP) is 3.23. The van der Waals surface area contributed by atoms with Crippen molar-refractivity contribution in [2.75, 3.05) is 37.4 Å². The van der Waals surface area contributed by atoms with Gasteiger partial charge in [0.25, 0.3) is 15.9 Å². The molecule has 1 saturated heterocycles. The average molecular weight is 422 g/mol. The average Bonchev–Trinajstić information content (AvgIpc) is 2.69. The number of nitrogens with zero attached hydrogens (tertiary/aromatic N) is 2. The van der Waals surface area contributed by atoms with E-state index in [2.05, 4.69) is 16.5 Å². The molecule has 2 aromatic carbocycles. The van der Waals surface area contributed by atoms with Gasteiger partial charge in [0.05, 0.1) is 15.5 Å². The number of nitrogens with one attached hydrogen (secondary N) is 1. The van der Waals surface area contributed by atoms with Gasteiger partial charge in [-0.3, -0.25) is 9.52 Å². The van der Waals surface area contributed by atoms with Crippen molar-refractivity contribution in [1.82, 2.24) is 9.80 Å². The number of carbonyl (C=O) groups excluding carboxylic acids is 1. The molecule has 1 aliphatic heterocycles. The Morgan fingerprint density at radius 1 is 1.07 bits per heavy atom. The zero-order valence-corrected chi connectivity index (χ0v) is 17.6. The van der Waals surface area contributed by atoms with Crippen LogP contribution in [0.3, 0.4) is 0 Å². The van der Waals surface area contributed by atoms with Gasteiger partial charge in [-0.2, -0.15) is 0 Å². The number of hydrogen-bond donors (Lipinski definition) is 1. The Morgan fingerprint density at radius 3 is 2.32 bits per heavy atom. The van der Waals surface area contributed by atoms with Gasteiger partial charge < -0.3 is 9.80 Å². The van der Waals surface area contributed by atoms with Crippen LogP contribution in [0, 0.1) is 6.92 Å². The molecule has 3 rings (SSSR count). The van der Waals surface area contributed by atoms with E-state index in [1.54, 1.807) is 41.3 Å². The topological polar surface area (TPSA) is 69.7 Å². The number of likely N-dealkylation sites (N-methyl/N-ethyl adjacent to an activating group) is 1. The van der Waals surface area contributed by atoms with Crippen molar-refractivity contribution in [2.24, 2.45) is 0 Å². The highest BCUT2D eigenvalue weighted by Gasteiger charge is 2.24. The lowest BCUT2D eigenvalue weighted by molar-refractivity contribution is 0.0643. The third-order valence-corrected chi connectivity index (χ3v) is 6.61. The normalized spacial score (nSPS) is 15.5. The summed E-state index contributed by atoms with van der Waals surface area (Å²) in [5.41, 5.74) is 1.58. The van der Waals surface area contributed by atoms with Gasteiger partial charge in [0.2, 0.25) is 0 Å². The lowest BCUT2D eigenvalue weighted by Crippen LogP contribution is -2.48. The van der Waals surface area contributed by atoms with E-state index >= 15 is 0 Å². The fourth-order valence-corrected chi connectivity index (χ4v) is 4.37. The highest BCUT2D eigenvalue weighted by atomic mass is 35.5. The first-order chi connectivity index (χ1) is 13.3. The maximum atomic E-state index is 12.9. The Kier molecular flexibility index (Phi) is 6.27. The van der Waals surface area contributed by atoms with Crippen LogP contribution >= 0.6 is 11.6 Å². The predicted molar refractivity (Wildman–Crippen MR) is 111 cm³/mol. The van der Waals surface area contributed by atoms with Gasteiger partial charge >= 0.3 is 0 Å². The summed E-state index contributed by atoms with van der Waals surface area (Å²) in [6.45, 7) is 7.84. The molecule has 0 aliphatic carbocycles. The van der Waals surface area contributed by atoms with Crippen molar-refractivity contribution in [3.8, 4) is 0 Å². The molecule has 0 bridgehead atoms. The molecule has 0 spiro atoms. The van der Waals surface area contributed by atoms with E-state index in [1.165, 1.54) is 6.07 Å². The molecule has 1 aliphatic rings. The molecule has 1 heterocycles. The molecule has 6 nitrogen and oxygen atoms in total. The van der Waals surface area contributed by atoms with Crippen LogP contribution in [0.25, 0.3) is 0 Å². The summed E-state index contributed by atoms with van der Waals surface area (Å²) in [6.07, 6.45) is 0. The van der Waals surface area contributed by atoms with Crippen molar-refractivity contribution in [1.29, 1.82) is 0 Å². The second-order valence-electron chi connectivity index (χ2n) is 6.84. The van der Waals surface area contributed by atoms with Gasteiger partial charge in [0, 0.05) is 31.9 Å². The number of amides is 1. The highest BCUT2D eigenvalue weighted by Crippen LogP contribution is 2.25. The molecule has 1 N–H and O–H groups in total. The lowest BCUT2D eigenvalue weighted by atomic mass is 10.1. The maximum absolute atomic E-state index is 12.9. The third-order valence-electron chi connectivity index (χ3n) is 4.89. The van der Waals surface area contributed by atoms with Crippen LogP contribution in [0.15, 0.2) is 47.4 Å². The van der Waals surface area contributed by atoms with Crippen LogP contribution in [0.5, 0.6) is 0 Å². The summed E-state index contributed by atoms with van der Waals surface area (Å²) in [4.78, 5) is 17.1. The van der Waals surface area contributed by atoms with Crippen LogP contribution in [0.2, 0.25) is 5.02 Å². The summed E-state index contributed by atoms with van der Waals surface area (Å²) < 4.78 is 27.7. The Bertz CT molecular complexity index is 953. The molecule has 0 aromatic heterocycles. The van der Waals surface area contributed by atoms with E-state index in [0.717, 1.165) is 25.2 Å². The minimum absolute atomic E-state index is 0.164. The molecule has 0 radical (unpaired) electrons. The molecule has 2 aromatic rings. The maximum Gasteiger partial charge on any atom is 0.261 e. The molecule has 0 atom stereocenters. The molecule has 0 unspecified atom stereocenters. The van der Waals surface area contributed by atoms with Crippen LogP contribution < -0.4 is 4.72 Å². The lowest BCUT2D eigenvalue weighted by Gasteiger charge is -2.34. The molecule has 28 heavy (non-hydrogen) atoms. The van der Waals surface area contributed by atoms with Crippen molar-refractivity contribution in [3.05, 3.63) is 58.6 Å². The van der Waals surface area contributed by atoms with Gasteiger partial charge in [-0.05, 0) is 43.8 Å². The summed E-state index contributed by atoms with van der Waals surface area (Å²) in [5, 5.41) is 0.307. The van der Waals surface area contributed by atoms with Crippen molar-refractivity contribution in [3.63, 3.8) is 0 Å². The number of rotatable bonds is 5. The van der Waals surface area contributed by atoms with Crippen molar-refractivity contribution in [2.45, 2.75) is 18.7 Å². The van der Waals surface area contributed by atoms with Gasteiger partial charge in [0.1, 0.15) is 0 Å². The van der Waals surface area contributed by atoms with Gasteiger partial charge in [0.15, 0.2) is 0 Å². The van der Waals surface area contributed by atoms with Crippen molar-refractivity contribution < 1.29 is 13.2 Å². The monoisotopic (exact) mass is 421 g/mol. The largest absolute Gasteiger partial charge is 0.336 e. The Labute approximate surface area is 171 Å². The summed E-state index contributed by atoms with van der Waals surface area (Å²) in [7, 11) is -3.75. The van der Waals surface area contributed by atoms with E-state index in [0.29, 0.717) is 29.4 Å². The first kappa shape index (κ1) is 20.6. The van der Waals surface area contributed by atoms with E-state index in [1.807, 2.05) is 6.92 Å². The van der Waals surface area contributed by atoms with Gasteiger partial charge in [-0.1, -0.05) is 36.2 Å². The Hall–Kier alpha value is -2.09. The first-order valence-electron chi connectivity index (χ1n) is 9.21. The molecule has 0 saturated carbocycles. The minimum Gasteiger partial charge on any atom is -0.336 e. The number of anilines is 1. The number of sulfonamides is 1. The fourth-order valence-electron chi connectivity index (χ4n) is 3.12.